The molecule has 15 heteroatoms. The number of aromatic nitrogens is 12. The van der Waals surface area contributed by atoms with Crippen LogP contribution in [0.4, 0.5) is 0 Å². The van der Waals surface area contributed by atoms with E-state index >= 15 is 0 Å². The predicted molar refractivity (Wildman–Crippen MR) is 366 cm³/mol. The maximum Gasteiger partial charge on any atom is 0.179 e. The molecular weight excluding hydrogens is 1170 g/mol. The molecule has 0 aliphatic rings. The zero-order valence-electron chi connectivity index (χ0n) is 45.7. The zero-order valence-corrected chi connectivity index (χ0v) is 47.3. The lowest BCUT2D eigenvalue weighted by Crippen LogP contribution is -1.99. The van der Waals surface area contributed by atoms with Gasteiger partial charge in [-0.05, 0) is 164 Å². The number of imidazole rings is 4. The molecule has 0 amide bonds. The number of aromatic amines is 1. The number of hydrogen-bond donors (Lipinski definition) is 1. The summed E-state index contributed by atoms with van der Waals surface area (Å²) in [6, 6.07) is 72.6. The lowest BCUT2D eigenvalue weighted by atomic mass is 10.1. The Hall–Kier alpha value is -11.7. The summed E-state index contributed by atoms with van der Waals surface area (Å²) < 4.78 is 16.3. The van der Waals surface area contributed by atoms with Crippen LogP contribution in [0, 0.1) is 0 Å². The number of para-hydroxylation sites is 8. The van der Waals surface area contributed by atoms with Gasteiger partial charge in [-0.1, -0.05) is 85.4 Å². The Labute approximate surface area is 513 Å². The molecule has 0 fully saturated rings. The average Bonchev–Trinajstić information content (AvgIpc) is 1.83. The van der Waals surface area contributed by atoms with Crippen LogP contribution >= 0.6 is 15.9 Å². The highest BCUT2D eigenvalue weighted by Gasteiger charge is 2.20. The van der Waals surface area contributed by atoms with Crippen LogP contribution in [-0.4, -0.2) is 57.5 Å². The quantitative estimate of drug-likeness (QED) is 0.167. The average molecular weight is 1220 g/mol. The number of fused-ring (bicyclic) bond motifs is 32. The van der Waals surface area contributed by atoms with Gasteiger partial charge in [0.1, 0.15) is 34.1 Å². The van der Waals surface area contributed by atoms with Crippen molar-refractivity contribution in [3.05, 3.63) is 258 Å². The number of rotatable bonds is 2. The molecule has 0 spiro atoms. The summed E-state index contributed by atoms with van der Waals surface area (Å²) in [5.74, 6) is 1.44. The first-order chi connectivity index (χ1) is 43.0. The molecule has 0 bridgehead atoms. The highest BCUT2D eigenvalue weighted by atomic mass is 79.9. The van der Waals surface area contributed by atoms with E-state index in [9.17, 15) is 4.79 Å². The minimum Gasteiger partial charge on any atom is -0.457 e. The number of H-pyrrole nitrogens is 1. The molecule has 0 unspecified atom stereocenters. The molecule has 0 radical (unpaired) electrons. The molecule has 0 saturated heterocycles. The van der Waals surface area contributed by atoms with Crippen molar-refractivity contribution >= 4 is 170 Å². The fraction of sp³-hybridized carbons (Fsp3) is 0.0270. The van der Waals surface area contributed by atoms with Crippen LogP contribution in [-0.2, 0) is 0 Å². The van der Waals surface area contributed by atoms with Crippen molar-refractivity contribution in [2.24, 2.45) is 0 Å². The number of benzene rings is 8. The van der Waals surface area contributed by atoms with Gasteiger partial charge >= 0.3 is 0 Å². The summed E-state index contributed by atoms with van der Waals surface area (Å²) in [5.41, 5.74) is 19.7. The normalized spacial score (nSPS) is 11.7. The molecule has 12 aromatic heterocycles. The molecule has 0 aliphatic carbocycles. The molecule has 0 aliphatic heterocycles. The molecule has 89 heavy (non-hydrogen) atoms. The van der Waals surface area contributed by atoms with Crippen molar-refractivity contribution in [1.82, 2.24) is 57.5 Å². The molecule has 424 valence electrons. The smallest absolute Gasteiger partial charge is 0.179 e. The van der Waals surface area contributed by atoms with Crippen LogP contribution in [0.25, 0.3) is 154 Å². The van der Waals surface area contributed by atoms with Crippen LogP contribution in [0.2, 0.25) is 0 Å². The fourth-order valence-electron chi connectivity index (χ4n) is 12.9. The van der Waals surface area contributed by atoms with E-state index in [1.807, 2.05) is 140 Å². The van der Waals surface area contributed by atoms with Gasteiger partial charge < -0.3 is 9.72 Å². The second-order valence-corrected chi connectivity index (χ2v) is 22.4. The molecule has 12 heterocycles. The monoisotopic (exact) mass is 1220 g/mol. The van der Waals surface area contributed by atoms with Crippen LogP contribution < -0.4 is 10.2 Å². The molecule has 20 aromatic rings. The van der Waals surface area contributed by atoms with Gasteiger partial charge in [-0.25, -0.2) is 19.9 Å². The molecule has 1 N–H and O–H groups in total. The van der Waals surface area contributed by atoms with Gasteiger partial charge in [0.25, 0.3) is 0 Å². The largest absolute Gasteiger partial charge is 0.457 e. The van der Waals surface area contributed by atoms with Crippen molar-refractivity contribution < 1.29 is 4.74 Å². The van der Waals surface area contributed by atoms with Gasteiger partial charge in [0.05, 0.1) is 88.3 Å². The summed E-state index contributed by atoms with van der Waals surface area (Å²) in [5, 5.41) is 8.16. The van der Waals surface area contributed by atoms with E-state index in [-0.39, 0.29) is 20.3 Å². The molecular formula is C74H49BrN12O2. The predicted octanol–water partition coefficient (Wildman–Crippen LogP) is 18.2. The van der Waals surface area contributed by atoms with Crippen molar-refractivity contribution in [2.75, 3.05) is 0 Å². The van der Waals surface area contributed by atoms with Gasteiger partial charge in [0, 0.05) is 72.3 Å². The lowest BCUT2D eigenvalue weighted by Gasteiger charge is -2.12. The van der Waals surface area contributed by atoms with Gasteiger partial charge in [0.2, 0.25) is 0 Å². The number of halogens is 1. The van der Waals surface area contributed by atoms with Gasteiger partial charge in [0.15, 0.2) is 5.43 Å². The van der Waals surface area contributed by atoms with E-state index in [0.717, 1.165) is 170 Å². The zero-order chi connectivity index (χ0) is 57.4. The van der Waals surface area contributed by atoms with Crippen molar-refractivity contribution in [3.63, 3.8) is 0 Å². The second-order valence-electron chi connectivity index (χ2n) is 21.5. The minimum atomic E-state index is -0.00302. The summed E-state index contributed by atoms with van der Waals surface area (Å²) in [4.78, 5) is 48.9. The summed E-state index contributed by atoms with van der Waals surface area (Å²) in [7, 11) is 0. The molecule has 8 aromatic carbocycles. The number of nitrogens with one attached hydrogen (secondary N) is 1. The van der Waals surface area contributed by atoms with E-state index in [1.54, 1.807) is 12.1 Å². The molecule has 20 rings (SSSR count). The number of pyridine rings is 8. The highest BCUT2D eigenvalue weighted by Crippen LogP contribution is 2.39. The summed E-state index contributed by atoms with van der Waals surface area (Å²) in [6.07, 6.45) is 7.42. The maximum absolute atomic E-state index is 11.8. The second kappa shape index (κ2) is 20.5. The third-order valence-electron chi connectivity index (χ3n) is 16.6. The first-order valence-electron chi connectivity index (χ1n) is 28.3. The van der Waals surface area contributed by atoms with E-state index in [1.165, 1.54) is 0 Å². The van der Waals surface area contributed by atoms with Crippen LogP contribution in [0.3, 0.4) is 0 Å². The third-order valence-corrected chi connectivity index (χ3v) is 17.1. The van der Waals surface area contributed by atoms with E-state index < -0.39 is 0 Å². The van der Waals surface area contributed by atoms with E-state index in [2.05, 4.69) is 134 Å². The van der Waals surface area contributed by atoms with Gasteiger partial charge in [-0.2, -0.15) is 0 Å². The Morgan fingerprint density at radius 1 is 0.337 bits per heavy atom. The SMILES string of the molecule is Brc1ccc2c(c1)c1nc3ccccc3n1c1cccnc21.C.C.O=c1ccc2c(c1)c1nc3ccccc3n1c1ccc[nH]c21.c1ccc2c(c1)nc1c3cc(Oc4ccc5c(c4)c4nc6ccccc6n4c4cccnc54)ccc3c3ncccc3n21. The first-order valence-corrected chi connectivity index (χ1v) is 29.1. The molecule has 14 nitrogen and oxygen atoms in total. The minimum absolute atomic E-state index is 0. The topological polar surface area (TPSA) is 150 Å². The Kier molecular flexibility index (Phi) is 12.2. The molecule has 0 atom stereocenters. The third kappa shape index (κ3) is 8.09. The van der Waals surface area contributed by atoms with Crippen molar-refractivity contribution in [2.45, 2.75) is 14.9 Å². The Morgan fingerprint density at radius 3 is 1.15 bits per heavy atom. The van der Waals surface area contributed by atoms with Crippen LogP contribution in [0.1, 0.15) is 14.9 Å². The van der Waals surface area contributed by atoms with Crippen LogP contribution in [0.5, 0.6) is 11.5 Å². The lowest BCUT2D eigenvalue weighted by molar-refractivity contribution is 0.484. The Balaban J connectivity index is 0.000000117. The first kappa shape index (κ1) is 52.8. The maximum atomic E-state index is 11.8. The number of nitrogens with zero attached hydrogens (tertiary/aromatic N) is 11. The van der Waals surface area contributed by atoms with Crippen LogP contribution in [0.15, 0.2) is 252 Å². The molecule has 0 saturated carbocycles. The summed E-state index contributed by atoms with van der Waals surface area (Å²) >= 11 is 3.57. The van der Waals surface area contributed by atoms with E-state index in [0.29, 0.717) is 0 Å². The highest BCUT2D eigenvalue weighted by molar-refractivity contribution is 9.10. The van der Waals surface area contributed by atoms with Gasteiger partial charge in [-0.15, -0.1) is 0 Å². The Morgan fingerprint density at radius 2 is 0.697 bits per heavy atom. The summed E-state index contributed by atoms with van der Waals surface area (Å²) in [6.45, 7) is 0. The fourth-order valence-corrected chi connectivity index (χ4v) is 13.3. The van der Waals surface area contributed by atoms with Gasteiger partial charge in [-0.3, -0.25) is 37.3 Å². The Bertz CT molecular complexity index is 6190. The van der Waals surface area contributed by atoms with Crippen molar-refractivity contribution in [1.29, 1.82) is 0 Å². The number of hydrogen-bond acceptors (Lipinski definition) is 9. The van der Waals surface area contributed by atoms with Crippen molar-refractivity contribution in [3.8, 4) is 11.5 Å². The standard InChI is InChI=1S/C36H20N6O.C18H10BrN3.C18H11N3O.2CH4/c1-3-9-29-27(7-1)39-35-25-19-21(13-15-23(25)33-31(41(29)35)11-5-17-37-33)43-22-14-16-24-26(20-22)36-40-28-8-2-4-10-30(28)42(36)32-12-6-18-38-34(24)32;19-11-7-8-12-13(10-11)18-21-14-4-1-2-5-15(14)22(18)16-6-3-9-20-17(12)16;22-11-7-8-12-13(10-11)18-20-14-4-1-2-5-15(14)21(18)16-6-3-9-19-17(12)16;;/h1-20H;1-10H;1-10,19H;2*1H4. The number of ether oxygens (including phenoxy) is 1. The van der Waals surface area contributed by atoms with E-state index in [4.69, 9.17) is 34.6 Å².